The molecule has 1 saturated heterocycles. The van der Waals surface area contributed by atoms with Gasteiger partial charge in [0.05, 0.1) is 12.0 Å². The number of halogens is 1. The molecule has 0 saturated carbocycles. The van der Waals surface area contributed by atoms with E-state index >= 15 is 0 Å². The second kappa shape index (κ2) is 4.78. The Morgan fingerprint density at radius 2 is 2.14 bits per heavy atom. The Kier molecular flexibility index (Phi) is 3.40. The van der Waals surface area contributed by atoms with Crippen LogP contribution in [-0.2, 0) is 6.54 Å². The molecule has 0 spiro atoms. The van der Waals surface area contributed by atoms with Crippen LogP contribution in [0.2, 0.25) is 0 Å². The van der Waals surface area contributed by atoms with Crippen LogP contribution in [0, 0.1) is 0 Å². The van der Waals surface area contributed by atoms with Crippen molar-refractivity contribution in [1.29, 1.82) is 0 Å². The topological polar surface area (TPSA) is 15.3 Å². The third-order valence-electron chi connectivity index (χ3n) is 2.59. The average molecular weight is 211 g/mol. The number of hydrogen-bond donors (Lipinski definition) is 1. The number of nitrogens with zero attached hydrogens (tertiary/aromatic N) is 1. The van der Waals surface area contributed by atoms with Crippen molar-refractivity contribution in [1.82, 2.24) is 10.2 Å². The van der Waals surface area contributed by atoms with E-state index in [0.29, 0.717) is 12.0 Å². The maximum atomic E-state index is 5.86. The molecule has 1 aromatic rings. The van der Waals surface area contributed by atoms with E-state index in [1.165, 1.54) is 5.56 Å². The Hall–Kier alpha value is -0.570. The highest BCUT2D eigenvalue weighted by Gasteiger charge is 2.22. The van der Waals surface area contributed by atoms with Gasteiger partial charge in [-0.2, -0.15) is 0 Å². The molecule has 1 aliphatic heterocycles. The van der Waals surface area contributed by atoms with Crippen molar-refractivity contribution in [3.05, 3.63) is 35.9 Å². The fraction of sp³-hybridized carbons (Fsp3) is 0.455. The van der Waals surface area contributed by atoms with Gasteiger partial charge in [0, 0.05) is 19.6 Å². The van der Waals surface area contributed by atoms with Gasteiger partial charge in [0.2, 0.25) is 0 Å². The minimum Gasteiger partial charge on any atom is -0.299 e. The van der Waals surface area contributed by atoms with Crippen LogP contribution >= 0.6 is 11.6 Å². The molecule has 1 heterocycles. The van der Waals surface area contributed by atoms with Crippen molar-refractivity contribution in [2.24, 2.45) is 0 Å². The van der Waals surface area contributed by atoms with Crippen LogP contribution in [-0.4, -0.2) is 30.0 Å². The standard InChI is InChI=1S/C11H15ClN2/c12-8-11-13-6-7-14(11)9-10-4-2-1-3-5-10/h1-5,11,13H,6-9H2. The maximum Gasteiger partial charge on any atom is 0.0740 e. The van der Waals surface area contributed by atoms with Crippen molar-refractivity contribution in [3.8, 4) is 0 Å². The molecule has 1 unspecified atom stereocenters. The number of nitrogens with one attached hydrogen (secondary N) is 1. The molecule has 2 rings (SSSR count). The predicted octanol–water partition coefficient (Wildman–Crippen LogP) is 1.66. The third-order valence-corrected chi connectivity index (χ3v) is 2.89. The lowest BCUT2D eigenvalue weighted by Crippen LogP contribution is -2.36. The van der Waals surface area contributed by atoms with Gasteiger partial charge in [-0.05, 0) is 5.56 Å². The van der Waals surface area contributed by atoms with E-state index in [4.69, 9.17) is 11.6 Å². The largest absolute Gasteiger partial charge is 0.299 e. The van der Waals surface area contributed by atoms with Crippen LogP contribution in [0.25, 0.3) is 0 Å². The quantitative estimate of drug-likeness (QED) is 0.764. The van der Waals surface area contributed by atoms with Crippen LogP contribution < -0.4 is 5.32 Å². The Bertz CT molecular complexity index is 276. The monoisotopic (exact) mass is 210 g/mol. The summed E-state index contributed by atoms with van der Waals surface area (Å²) in [5, 5.41) is 3.37. The summed E-state index contributed by atoms with van der Waals surface area (Å²) in [6.45, 7) is 3.13. The van der Waals surface area contributed by atoms with Gasteiger partial charge in [-0.3, -0.25) is 10.2 Å². The molecule has 1 aliphatic rings. The maximum absolute atomic E-state index is 5.86. The molecule has 0 radical (unpaired) electrons. The van der Waals surface area contributed by atoms with Crippen molar-refractivity contribution >= 4 is 11.6 Å². The smallest absolute Gasteiger partial charge is 0.0740 e. The van der Waals surface area contributed by atoms with Crippen LogP contribution in [0.1, 0.15) is 5.56 Å². The summed E-state index contributed by atoms with van der Waals surface area (Å²) in [4.78, 5) is 2.38. The van der Waals surface area contributed by atoms with E-state index in [2.05, 4.69) is 34.5 Å². The number of benzene rings is 1. The van der Waals surface area contributed by atoms with Gasteiger partial charge in [0.25, 0.3) is 0 Å². The SMILES string of the molecule is ClCC1NCCN1Cc1ccccc1. The molecule has 0 bridgehead atoms. The van der Waals surface area contributed by atoms with Gasteiger partial charge in [0.15, 0.2) is 0 Å². The van der Waals surface area contributed by atoms with Gasteiger partial charge in [-0.15, -0.1) is 11.6 Å². The molecule has 1 fully saturated rings. The first-order chi connectivity index (χ1) is 6.90. The van der Waals surface area contributed by atoms with Gasteiger partial charge < -0.3 is 0 Å². The molecule has 1 N–H and O–H groups in total. The summed E-state index contributed by atoms with van der Waals surface area (Å²) in [5.41, 5.74) is 1.35. The molecule has 2 nitrogen and oxygen atoms in total. The summed E-state index contributed by atoms with van der Waals surface area (Å²) < 4.78 is 0. The van der Waals surface area contributed by atoms with Crippen molar-refractivity contribution in [3.63, 3.8) is 0 Å². The second-order valence-electron chi connectivity index (χ2n) is 3.58. The van der Waals surface area contributed by atoms with E-state index in [9.17, 15) is 0 Å². The van der Waals surface area contributed by atoms with Crippen LogP contribution in [0.15, 0.2) is 30.3 Å². The fourth-order valence-electron chi connectivity index (χ4n) is 1.82. The van der Waals surface area contributed by atoms with Crippen LogP contribution in [0.4, 0.5) is 0 Å². The number of rotatable bonds is 3. The van der Waals surface area contributed by atoms with E-state index in [0.717, 1.165) is 19.6 Å². The predicted molar refractivity (Wildman–Crippen MR) is 59.4 cm³/mol. The first-order valence-corrected chi connectivity index (χ1v) is 5.51. The molecule has 0 aliphatic carbocycles. The molecular weight excluding hydrogens is 196 g/mol. The lowest BCUT2D eigenvalue weighted by atomic mass is 10.2. The number of hydrogen-bond acceptors (Lipinski definition) is 2. The molecular formula is C11H15ClN2. The zero-order chi connectivity index (χ0) is 9.80. The first kappa shape index (κ1) is 9.97. The summed E-state index contributed by atoms with van der Waals surface area (Å²) in [6.07, 6.45) is 0.344. The molecule has 3 heteroatoms. The molecule has 1 atom stereocenters. The fourth-order valence-corrected chi connectivity index (χ4v) is 2.12. The highest BCUT2D eigenvalue weighted by molar-refractivity contribution is 6.18. The van der Waals surface area contributed by atoms with Crippen LogP contribution in [0.5, 0.6) is 0 Å². The summed E-state index contributed by atoms with van der Waals surface area (Å²) in [5.74, 6) is 0.660. The lowest BCUT2D eigenvalue weighted by molar-refractivity contribution is 0.252. The van der Waals surface area contributed by atoms with Crippen molar-refractivity contribution in [2.75, 3.05) is 19.0 Å². The van der Waals surface area contributed by atoms with Crippen LogP contribution in [0.3, 0.4) is 0 Å². The zero-order valence-electron chi connectivity index (χ0n) is 8.12. The Morgan fingerprint density at radius 3 is 2.86 bits per heavy atom. The Labute approximate surface area is 89.9 Å². The normalized spacial score (nSPS) is 22.8. The zero-order valence-corrected chi connectivity index (χ0v) is 8.87. The van der Waals surface area contributed by atoms with Gasteiger partial charge in [-0.1, -0.05) is 30.3 Å². The highest BCUT2D eigenvalue weighted by Crippen LogP contribution is 2.10. The summed E-state index contributed by atoms with van der Waals surface area (Å²) >= 11 is 5.86. The minimum atomic E-state index is 0.344. The Balaban J connectivity index is 1.97. The second-order valence-corrected chi connectivity index (χ2v) is 3.89. The third kappa shape index (κ3) is 2.27. The van der Waals surface area contributed by atoms with Gasteiger partial charge >= 0.3 is 0 Å². The summed E-state index contributed by atoms with van der Waals surface area (Å²) in [6, 6.07) is 10.5. The summed E-state index contributed by atoms with van der Waals surface area (Å²) in [7, 11) is 0. The van der Waals surface area contributed by atoms with E-state index < -0.39 is 0 Å². The van der Waals surface area contributed by atoms with E-state index in [-0.39, 0.29) is 0 Å². The molecule has 76 valence electrons. The molecule has 0 amide bonds. The highest BCUT2D eigenvalue weighted by atomic mass is 35.5. The van der Waals surface area contributed by atoms with E-state index in [1.54, 1.807) is 0 Å². The average Bonchev–Trinajstić information content (AvgIpc) is 2.67. The van der Waals surface area contributed by atoms with Gasteiger partial charge in [0.1, 0.15) is 0 Å². The number of alkyl halides is 1. The first-order valence-electron chi connectivity index (χ1n) is 4.97. The Morgan fingerprint density at radius 1 is 1.36 bits per heavy atom. The van der Waals surface area contributed by atoms with Crippen molar-refractivity contribution in [2.45, 2.75) is 12.7 Å². The molecule has 1 aromatic carbocycles. The van der Waals surface area contributed by atoms with E-state index in [1.807, 2.05) is 6.07 Å². The van der Waals surface area contributed by atoms with Crippen molar-refractivity contribution < 1.29 is 0 Å². The van der Waals surface area contributed by atoms with Gasteiger partial charge in [-0.25, -0.2) is 0 Å². The molecule has 14 heavy (non-hydrogen) atoms. The minimum absolute atomic E-state index is 0.344. The lowest BCUT2D eigenvalue weighted by Gasteiger charge is -2.21. The molecule has 0 aromatic heterocycles.